The van der Waals surface area contributed by atoms with Gasteiger partial charge in [-0.15, -0.1) is 0 Å². The number of aromatic nitrogens is 2. The van der Waals surface area contributed by atoms with Crippen LogP contribution in [0.4, 0.5) is 0 Å². The van der Waals surface area contributed by atoms with Gasteiger partial charge in [0.05, 0.1) is 18.6 Å². The number of hydrogen-bond acceptors (Lipinski definition) is 3. The van der Waals surface area contributed by atoms with E-state index in [1.54, 1.807) is 6.33 Å². The Labute approximate surface area is 130 Å². The summed E-state index contributed by atoms with van der Waals surface area (Å²) in [5.74, 6) is 0.508. The fraction of sp³-hybridized carbons (Fsp3) is 0.412. The highest BCUT2D eigenvalue weighted by molar-refractivity contribution is 5.94. The number of amides is 1. The highest BCUT2D eigenvalue weighted by Gasteiger charge is 2.15. The molecule has 22 heavy (non-hydrogen) atoms. The maximum absolute atomic E-state index is 12.2. The molecule has 0 bridgehead atoms. The quantitative estimate of drug-likeness (QED) is 0.810. The number of carbonyl (C=O) groups is 1. The molecule has 0 saturated carbocycles. The minimum Gasteiger partial charge on any atom is -0.348 e. The third-order valence-electron chi connectivity index (χ3n) is 4.29. The zero-order chi connectivity index (χ0) is 15.4. The zero-order valence-corrected chi connectivity index (χ0v) is 12.9. The molecule has 1 amide bonds. The van der Waals surface area contributed by atoms with Crippen molar-refractivity contribution in [3.63, 3.8) is 0 Å². The monoisotopic (exact) mass is 298 g/mol. The Kier molecular flexibility index (Phi) is 4.53. The lowest BCUT2D eigenvalue weighted by Crippen LogP contribution is -2.28. The summed E-state index contributed by atoms with van der Waals surface area (Å²) in [6.07, 6.45) is 4.08. The minimum atomic E-state index is -0.0595. The summed E-state index contributed by atoms with van der Waals surface area (Å²) in [6, 6.07) is 7.98. The van der Waals surface area contributed by atoms with Crippen molar-refractivity contribution < 1.29 is 4.79 Å². The molecule has 5 nitrogen and oxygen atoms in total. The Morgan fingerprint density at radius 3 is 2.82 bits per heavy atom. The Balaban J connectivity index is 1.59. The lowest BCUT2D eigenvalue weighted by molar-refractivity contribution is 0.0950. The molecule has 1 saturated heterocycles. The molecule has 1 aliphatic rings. The normalized spacial score (nSPS) is 18.1. The number of piperidine rings is 1. The van der Waals surface area contributed by atoms with Gasteiger partial charge in [0, 0.05) is 17.8 Å². The van der Waals surface area contributed by atoms with Crippen LogP contribution in [0, 0.1) is 6.92 Å². The van der Waals surface area contributed by atoms with Crippen LogP contribution < -0.4 is 10.6 Å². The molecule has 1 aromatic carbocycles. The fourth-order valence-electron chi connectivity index (χ4n) is 2.87. The maximum atomic E-state index is 12.2. The Morgan fingerprint density at radius 1 is 1.36 bits per heavy atom. The Bertz CT molecular complexity index is 626. The molecule has 3 rings (SSSR count). The summed E-state index contributed by atoms with van der Waals surface area (Å²) in [7, 11) is 0. The first-order valence-corrected chi connectivity index (χ1v) is 7.82. The molecule has 1 fully saturated rings. The SMILES string of the molecule is Cc1[nH]cnc1CNC(=O)c1ccc(C2CCCNC2)cc1. The minimum absolute atomic E-state index is 0.0595. The second-order valence-corrected chi connectivity index (χ2v) is 5.82. The number of nitrogens with one attached hydrogen (secondary N) is 3. The van der Waals surface area contributed by atoms with E-state index < -0.39 is 0 Å². The third-order valence-corrected chi connectivity index (χ3v) is 4.29. The van der Waals surface area contributed by atoms with Crippen molar-refractivity contribution in [2.24, 2.45) is 0 Å². The zero-order valence-electron chi connectivity index (χ0n) is 12.9. The molecule has 2 heterocycles. The van der Waals surface area contributed by atoms with Crippen molar-refractivity contribution in [3.05, 3.63) is 53.1 Å². The molecule has 1 aliphatic heterocycles. The number of carbonyl (C=O) groups excluding carboxylic acids is 1. The number of aryl methyl sites for hydroxylation is 1. The average molecular weight is 298 g/mol. The molecular weight excluding hydrogens is 276 g/mol. The van der Waals surface area contributed by atoms with Crippen LogP contribution in [0.1, 0.15) is 46.1 Å². The first-order chi connectivity index (χ1) is 10.7. The standard InChI is InChI=1S/C17H22N4O/c1-12-16(21-11-20-12)10-19-17(22)14-6-4-13(5-7-14)15-3-2-8-18-9-15/h4-7,11,15,18H,2-3,8-10H2,1H3,(H,19,22)(H,20,21). The van der Waals surface area contributed by atoms with E-state index in [0.29, 0.717) is 18.0 Å². The third kappa shape index (κ3) is 3.36. The number of aromatic amines is 1. The number of imidazole rings is 1. The van der Waals surface area contributed by atoms with Crippen LogP contribution in [0.2, 0.25) is 0 Å². The maximum Gasteiger partial charge on any atom is 0.251 e. The molecule has 1 aromatic heterocycles. The topological polar surface area (TPSA) is 69.8 Å². The highest BCUT2D eigenvalue weighted by atomic mass is 16.1. The average Bonchev–Trinajstić information content (AvgIpc) is 2.99. The summed E-state index contributed by atoms with van der Waals surface area (Å²) in [4.78, 5) is 19.4. The van der Waals surface area contributed by atoms with Crippen molar-refractivity contribution in [2.45, 2.75) is 32.2 Å². The number of rotatable bonds is 4. The van der Waals surface area contributed by atoms with Gasteiger partial charge >= 0.3 is 0 Å². The fourth-order valence-corrected chi connectivity index (χ4v) is 2.87. The van der Waals surface area contributed by atoms with E-state index in [-0.39, 0.29) is 5.91 Å². The van der Waals surface area contributed by atoms with Gasteiger partial charge in [0.15, 0.2) is 0 Å². The van der Waals surface area contributed by atoms with Crippen molar-refractivity contribution in [2.75, 3.05) is 13.1 Å². The molecule has 0 spiro atoms. The van der Waals surface area contributed by atoms with Gasteiger partial charge in [-0.1, -0.05) is 12.1 Å². The van der Waals surface area contributed by atoms with Crippen molar-refractivity contribution >= 4 is 5.91 Å². The largest absolute Gasteiger partial charge is 0.348 e. The predicted octanol–water partition coefficient (Wildman–Crippen LogP) is 2.12. The van der Waals surface area contributed by atoms with Gasteiger partial charge in [-0.3, -0.25) is 4.79 Å². The van der Waals surface area contributed by atoms with Crippen LogP contribution in [-0.4, -0.2) is 29.0 Å². The number of nitrogens with zero attached hydrogens (tertiary/aromatic N) is 1. The second-order valence-electron chi connectivity index (χ2n) is 5.82. The predicted molar refractivity (Wildman–Crippen MR) is 85.8 cm³/mol. The van der Waals surface area contributed by atoms with Crippen LogP contribution in [0.15, 0.2) is 30.6 Å². The summed E-state index contributed by atoms with van der Waals surface area (Å²) in [5, 5.41) is 6.33. The summed E-state index contributed by atoms with van der Waals surface area (Å²) < 4.78 is 0. The van der Waals surface area contributed by atoms with Gasteiger partial charge < -0.3 is 15.6 Å². The van der Waals surface area contributed by atoms with E-state index in [4.69, 9.17) is 0 Å². The van der Waals surface area contributed by atoms with E-state index in [9.17, 15) is 4.79 Å². The van der Waals surface area contributed by atoms with Gasteiger partial charge in [0.2, 0.25) is 0 Å². The van der Waals surface area contributed by atoms with Crippen molar-refractivity contribution in [1.82, 2.24) is 20.6 Å². The van der Waals surface area contributed by atoms with Crippen LogP contribution in [0.5, 0.6) is 0 Å². The molecule has 0 aliphatic carbocycles. The molecule has 1 unspecified atom stereocenters. The first kappa shape index (κ1) is 14.8. The van der Waals surface area contributed by atoms with Crippen LogP contribution in [0.3, 0.4) is 0 Å². The van der Waals surface area contributed by atoms with Gasteiger partial charge in [-0.25, -0.2) is 4.98 Å². The molecule has 5 heteroatoms. The molecule has 1 atom stereocenters. The highest BCUT2D eigenvalue weighted by Crippen LogP contribution is 2.23. The number of benzene rings is 1. The van der Waals surface area contributed by atoms with Crippen molar-refractivity contribution in [1.29, 1.82) is 0 Å². The lowest BCUT2D eigenvalue weighted by atomic mass is 9.91. The molecule has 0 radical (unpaired) electrons. The van der Waals surface area contributed by atoms with E-state index in [1.165, 1.54) is 18.4 Å². The first-order valence-electron chi connectivity index (χ1n) is 7.82. The van der Waals surface area contributed by atoms with Crippen molar-refractivity contribution in [3.8, 4) is 0 Å². The van der Waals surface area contributed by atoms with Gasteiger partial charge in [-0.05, 0) is 49.9 Å². The van der Waals surface area contributed by atoms with Crippen LogP contribution in [0.25, 0.3) is 0 Å². The van der Waals surface area contributed by atoms with Gasteiger partial charge in [0.25, 0.3) is 5.91 Å². The summed E-state index contributed by atoms with van der Waals surface area (Å²) >= 11 is 0. The van der Waals surface area contributed by atoms with E-state index in [0.717, 1.165) is 24.5 Å². The smallest absolute Gasteiger partial charge is 0.251 e. The molecular formula is C17H22N4O. The molecule has 3 N–H and O–H groups in total. The van der Waals surface area contributed by atoms with E-state index >= 15 is 0 Å². The molecule has 116 valence electrons. The second kappa shape index (κ2) is 6.75. The number of hydrogen-bond donors (Lipinski definition) is 3. The Hall–Kier alpha value is -2.14. The lowest BCUT2D eigenvalue weighted by Gasteiger charge is -2.23. The van der Waals surface area contributed by atoms with E-state index in [2.05, 4.69) is 32.7 Å². The summed E-state index contributed by atoms with van der Waals surface area (Å²) in [6.45, 7) is 4.54. The number of H-pyrrole nitrogens is 1. The van der Waals surface area contributed by atoms with Gasteiger partial charge in [-0.2, -0.15) is 0 Å². The van der Waals surface area contributed by atoms with Gasteiger partial charge in [0.1, 0.15) is 0 Å². The van der Waals surface area contributed by atoms with E-state index in [1.807, 2.05) is 19.1 Å². The Morgan fingerprint density at radius 2 is 2.18 bits per heavy atom. The van der Waals surface area contributed by atoms with Crippen LogP contribution >= 0.6 is 0 Å². The van der Waals surface area contributed by atoms with Crippen LogP contribution in [-0.2, 0) is 6.54 Å². The molecule has 2 aromatic rings. The summed E-state index contributed by atoms with van der Waals surface area (Å²) in [5.41, 5.74) is 3.87.